The Kier molecular flexibility index (Phi) is 3.78. The van der Waals surface area contributed by atoms with Crippen molar-refractivity contribution in [2.24, 2.45) is 0 Å². The molecule has 0 saturated heterocycles. The molecule has 0 unspecified atom stereocenters. The fourth-order valence-corrected chi connectivity index (χ4v) is 2.33. The van der Waals surface area contributed by atoms with Crippen LogP contribution in [0.25, 0.3) is 5.65 Å². The van der Waals surface area contributed by atoms with Crippen molar-refractivity contribution in [1.82, 2.24) is 9.38 Å². The molecule has 2 aromatic heterocycles. The first kappa shape index (κ1) is 14.1. The highest BCUT2D eigenvalue weighted by atomic mass is 16.5. The number of rotatable bonds is 4. The van der Waals surface area contributed by atoms with Gasteiger partial charge >= 0.3 is 0 Å². The Hall–Kier alpha value is -2.82. The van der Waals surface area contributed by atoms with E-state index in [1.165, 1.54) is 0 Å². The van der Waals surface area contributed by atoms with E-state index in [9.17, 15) is 4.79 Å². The molecule has 5 nitrogen and oxygen atoms in total. The number of methoxy groups -OCH3 is 1. The number of hydrogen-bond acceptors (Lipinski definition) is 3. The van der Waals surface area contributed by atoms with Gasteiger partial charge in [-0.2, -0.15) is 0 Å². The number of imidazole rings is 1. The van der Waals surface area contributed by atoms with E-state index < -0.39 is 0 Å². The number of carbonyl (C=O) groups is 1. The van der Waals surface area contributed by atoms with E-state index in [1.54, 1.807) is 7.11 Å². The quantitative estimate of drug-likeness (QED) is 0.805. The Morgan fingerprint density at radius 1 is 1.27 bits per heavy atom. The Balaban J connectivity index is 1.71. The Bertz CT molecular complexity index is 806. The molecule has 0 radical (unpaired) electrons. The van der Waals surface area contributed by atoms with Crippen LogP contribution in [0.3, 0.4) is 0 Å². The standard InChI is InChI=1S/C17H17N3O2/c1-12-4-3-9-20-11-14(19-17(12)20)10-16(21)18-13-5-7-15(22-2)8-6-13/h3-9,11H,10H2,1-2H3,(H,18,21). The maximum absolute atomic E-state index is 12.1. The molecule has 0 atom stereocenters. The number of nitrogens with one attached hydrogen (secondary N) is 1. The van der Waals surface area contributed by atoms with Crippen molar-refractivity contribution in [3.8, 4) is 5.75 Å². The van der Waals surface area contributed by atoms with Crippen LogP contribution in [-0.2, 0) is 11.2 Å². The van der Waals surface area contributed by atoms with Crippen LogP contribution in [0.2, 0.25) is 0 Å². The number of benzene rings is 1. The average molecular weight is 295 g/mol. The Labute approximate surface area is 128 Å². The summed E-state index contributed by atoms with van der Waals surface area (Å²) in [4.78, 5) is 16.6. The predicted molar refractivity (Wildman–Crippen MR) is 85.3 cm³/mol. The van der Waals surface area contributed by atoms with E-state index in [0.717, 1.165) is 28.3 Å². The molecule has 0 aliphatic rings. The van der Waals surface area contributed by atoms with Crippen LogP contribution >= 0.6 is 0 Å². The molecule has 22 heavy (non-hydrogen) atoms. The third-order valence-corrected chi connectivity index (χ3v) is 3.44. The number of pyridine rings is 1. The van der Waals surface area contributed by atoms with Gasteiger partial charge in [-0.1, -0.05) is 6.07 Å². The number of fused-ring (bicyclic) bond motifs is 1. The molecule has 112 valence electrons. The molecule has 2 heterocycles. The largest absolute Gasteiger partial charge is 0.497 e. The minimum Gasteiger partial charge on any atom is -0.497 e. The van der Waals surface area contributed by atoms with Crippen molar-refractivity contribution in [3.63, 3.8) is 0 Å². The van der Waals surface area contributed by atoms with Crippen molar-refractivity contribution >= 4 is 17.2 Å². The fraction of sp³-hybridized carbons (Fsp3) is 0.176. The summed E-state index contributed by atoms with van der Waals surface area (Å²) in [5, 5.41) is 2.86. The molecule has 0 bridgehead atoms. The summed E-state index contributed by atoms with van der Waals surface area (Å²) < 4.78 is 7.03. The van der Waals surface area contributed by atoms with Crippen molar-refractivity contribution < 1.29 is 9.53 Å². The molecule has 1 N–H and O–H groups in total. The molecular weight excluding hydrogens is 278 g/mol. The normalized spacial score (nSPS) is 10.6. The number of hydrogen-bond donors (Lipinski definition) is 1. The van der Waals surface area contributed by atoms with Crippen molar-refractivity contribution in [1.29, 1.82) is 0 Å². The second kappa shape index (κ2) is 5.89. The summed E-state index contributed by atoms with van der Waals surface area (Å²) >= 11 is 0. The number of nitrogens with zero attached hydrogens (tertiary/aromatic N) is 2. The SMILES string of the molecule is COc1ccc(NC(=O)Cc2cn3cccc(C)c3n2)cc1. The lowest BCUT2D eigenvalue weighted by Gasteiger charge is -2.05. The molecule has 0 fully saturated rings. The van der Waals surface area contributed by atoms with Crippen LogP contribution in [0.1, 0.15) is 11.3 Å². The van der Waals surface area contributed by atoms with Gasteiger partial charge in [0, 0.05) is 18.1 Å². The van der Waals surface area contributed by atoms with Crippen LogP contribution in [0.4, 0.5) is 5.69 Å². The molecule has 0 saturated carbocycles. The average Bonchev–Trinajstić information content (AvgIpc) is 2.92. The van der Waals surface area contributed by atoms with E-state index in [0.29, 0.717) is 0 Å². The third kappa shape index (κ3) is 2.93. The lowest BCUT2D eigenvalue weighted by molar-refractivity contribution is -0.115. The molecule has 3 aromatic rings. The van der Waals surface area contributed by atoms with Crippen molar-refractivity contribution in [3.05, 3.63) is 60.0 Å². The first-order valence-corrected chi connectivity index (χ1v) is 7.03. The van der Waals surface area contributed by atoms with Gasteiger partial charge in [-0.25, -0.2) is 4.98 Å². The number of amides is 1. The molecule has 0 spiro atoms. The van der Waals surface area contributed by atoms with Gasteiger partial charge in [0.2, 0.25) is 5.91 Å². The van der Waals surface area contributed by atoms with E-state index in [1.807, 2.05) is 60.1 Å². The minimum absolute atomic E-state index is 0.0915. The maximum Gasteiger partial charge on any atom is 0.230 e. The zero-order valence-electron chi connectivity index (χ0n) is 12.5. The molecule has 1 aromatic carbocycles. The smallest absolute Gasteiger partial charge is 0.230 e. The van der Waals surface area contributed by atoms with Gasteiger partial charge in [-0.05, 0) is 42.8 Å². The predicted octanol–water partition coefficient (Wildman–Crippen LogP) is 2.83. The van der Waals surface area contributed by atoms with Crippen molar-refractivity contribution in [2.45, 2.75) is 13.3 Å². The van der Waals surface area contributed by atoms with Gasteiger partial charge in [-0.3, -0.25) is 4.79 Å². The fourth-order valence-electron chi connectivity index (χ4n) is 2.33. The number of aryl methyl sites for hydroxylation is 1. The number of aromatic nitrogens is 2. The van der Waals surface area contributed by atoms with Gasteiger partial charge in [0.15, 0.2) is 0 Å². The topological polar surface area (TPSA) is 55.6 Å². The Morgan fingerprint density at radius 2 is 2.05 bits per heavy atom. The number of carbonyl (C=O) groups excluding carboxylic acids is 1. The minimum atomic E-state index is -0.0915. The molecule has 0 aliphatic carbocycles. The first-order chi connectivity index (χ1) is 10.7. The zero-order chi connectivity index (χ0) is 15.5. The second-order valence-corrected chi connectivity index (χ2v) is 5.11. The lowest BCUT2D eigenvalue weighted by Crippen LogP contribution is -2.14. The Morgan fingerprint density at radius 3 is 2.73 bits per heavy atom. The van der Waals surface area contributed by atoms with Gasteiger partial charge in [0.1, 0.15) is 11.4 Å². The van der Waals surface area contributed by atoms with E-state index in [4.69, 9.17) is 4.74 Å². The summed E-state index contributed by atoms with van der Waals surface area (Å²) in [7, 11) is 1.61. The second-order valence-electron chi connectivity index (χ2n) is 5.11. The maximum atomic E-state index is 12.1. The first-order valence-electron chi connectivity index (χ1n) is 7.03. The molecule has 5 heteroatoms. The van der Waals surface area contributed by atoms with E-state index in [2.05, 4.69) is 10.3 Å². The van der Waals surface area contributed by atoms with Gasteiger partial charge in [-0.15, -0.1) is 0 Å². The lowest BCUT2D eigenvalue weighted by atomic mass is 10.2. The van der Waals surface area contributed by atoms with Crippen LogP contribution in [0.5, 0.6) is 5.75 Å². The molecule has 3 rings (SSSR count). The summed E-state index contributed by atoms with van der Waals surface area (Å²) in [6, 6.07) is 11.2. The van der Waals surface area contributed by atoms with E-state index >= 15 is 0 Å². The van der Waals surface area contributed by atoms with E-state index in [-0.39, 0.29) is 12.3 Å². The van der Waals surface area contributed by atoms with Crippen LogP contribution in [0.15, 0.2) is 48.8 Å². The highest BCUT2D eigenvalue weighted by molar-refractivity contribution is 5.92. The van der Waals surface area contributed by atoms with Gasteiger partial charge in [0.25, 0.3) is 0 Å². The van der Waals surface area contributed by atoms with Crippen LogP contribution < -0.4 is 10.1 Å². The van der Waals surface area contributed by atoms with Crippen LogP contribution in [0, 0.1) is 6.92 Å². The summed E-state index contributed by atoms with van der Waals surface area (Å²) in [6.45, 7) is 2.00. The number of anilines is 1. The molecule has 0 aliphatic heterocycles. The summed E-state index contributed by atoms with van der Waals surface area (Å²) in [5.74, 6) is 0.667. The van der Waals surface area contributed by atoms with Crippen LogP contribution in [-0.4, -0.2) is 22.4 Å². The van der Waals surface area contributed by atoms with Crippen molar-refractivity contribution in [2.75, 3.05) is 12.4 Å². The van der Waals surface area contributed by atoms with Gasteiger partial charge < -0.3 is 14.5 Å². The highest BCUT2D eigenvalue weighted by Crippen LogP contribution is 2.15. The third-order valence-electron chi connectivity index (χ3n) is 3.44. The monoisotopic (exact) mass is 295 g/mol. The van der Waals surface area contributed by atoms with Gasteiger partial charge in [0.05, 0.1) is 19.2 Å². The highest BCUT2D eigenvalue weighted by Gasteiger charge is 2.09. The zero-order valence-corrected chi connectivity index (χ0v) is 12.5. The molecular formula is C17H17N3O2. The summed E-state index contributed by atoms with van der Waals surface area (Å²) in [5.41, 5.74) is 3.46. The summed E-state index contributed by atoms with van der Waals surface area (Å²) in [6.07, 6.45) is 4.06. The number of ether oxygens (including phenoxy) is 1. The molecule has 1 amide bonds.